The van der Waals surface area contributed by atoms with Crippen molar-refractivity contribution < 1.29 is 4.79 Å². The number of nitrogens with one attached hydrogen (secondary N) is 1. The van der Waals surface area contributed by atoms with Crippen LogP contribution in [-0.4, -0.2) is 5.91 Å². The fourth-order valence-corrected chi connectivity index (χ4v) is 4.10. The molecule has 2 nitrogen and oxygen atoms in total. The summed E-state index contributed by atoms with van der Waals surface area (Å²) >= 11 is 5.57. The number of fused-ring (bicyclic) bond motifs is 1. The number of hydrogen-bond donors (Lipinski definition) is 1. The molecule has 1 aliphatic heterocycles. The molecule has 20 heavy (non-hydrogen) atoms. The fraction of sp³-hybridized carbons (Fsp3) is 0.312. The summed E-state index contributed by atoms with van der Waals surface area (Å²) in [4.78, 5) is 14.8. The van der Waals surface area contributed by atoms with Crippen LogP contribution in [-0.2, 0) is 10.2 Å². The van der Waals surface area contributed by atoms with Crippen LogP contribution in [0.25, 0.3) is 0 Å². The van der Waals surface area contributed by atoms with E-state index in [1.54, 1.807) is 11.3 Å². The van der Waals surface area contributed by atoms with Crippen LogP contribution in [0.1, 0.15) is 39.6 Å². The molecule has 0 aliphatic carbocycles. The Morgan fingerprint density at radius 2 is 2.00 bits per heavy atom. The Balaban J connectivity index is 2.02. The zero-order valence-corrected chi connectivity index (χ0v) is 14.1. The summed E-state index contributed by atoms with van der Waals surface area (Å²) in [5.41, 5.74) is 2.75. The minimum absolute atomic E-state index is 0.0720. The largest absolute Gasteiger partial charge is 0.325 e. The molecule has 0 radical (unpaired) electrons. The predicted molar refractivity (Wildman–Crippen MR) is 87.9 cm³/mol. The van der Waals surface area contributed by atoms with Gasteiger partial charge in [-0.3, -0.25) is 4.79 Å². The summed E-state index contributed by atoms with van der Waals surface area (Å²) in [6, 6.07) is 10.5. The number of carbonyl (C=O) groups excluding carboxylic acids is 1. The van der Waals surface area contributed by atoms with Gasteiger partial charge in [0, 0.05) is 15.4 Å². The van der Waals surface area contributed by atoms with Crippen molar-refractivity contribution >= 4 is 38.9 Å². The number of amides is 1. The highest BCUT2D eigenvalue weighted by molar-refractivity contribution is 9.09. The van der Waals surface area contributed by atoms with E-state index in [-0.39, 0.29) is 10.7 Å². The summed E-state index contributed by atoms with van der Waals surface area (Å²) in [6.07, 6.45) is 0. The molecule has 1 atom stereocenters. The Bertz CT molecular complexity index is 690. The van der Waals surface area contributed by atoms with Crippen LogP contribution in [0.3, 0.4) is 0 Å². The lowest BCUT2D eigenvalue weighted by atomic mass is 9.85. The molecular weight excluding hydrogens is 334 g/mol. The summed E-state index contributed by atoms with van der Waals surface area (Å²) in [5.74, 6) is 0.0720. The van der Waals surface area contributed by atoms with Gasteiger partial charge in [0.15, 0.2) is 0 Å². The quantitative estimate of drug-likeness (QED) is 0.777. The maximum Gasteiger partial charge on any atom is 0.234 e. The van der Waals surface area contributed by atoms with Gasteiger partial charge < -0.3 is 5.32 Å². The lowest BCUT2D eigenvalue weighted by molar-refractivity contribution is -0.119. The van der Waals surface area contributed by atoms with E-state index in [0.717, 1.165) is 11.3 Å². The van der Waals surface area contributed by atoms with Crippen LogP contribution >= 0.6 is 27.3 Å². The van der Waals surface area contributed by atoms with E-state index >= 15 is 0 Å². The number of hydrogen-bond acceptors (Lipinski definition) is 2. The molecule has 1 N–H and O–H groups in total. The van der Waals surface area contributed by atoms with Gasteiger partial charge in [0.05, 0.1) is 10.2 Å². The highest BCUT2D eigenvalue weighted by Gasteiger charge is 2.38. The molecule has 0 spiro atoms. The molecule has 2 aromatic rings. The van der Waals surface area contributed by atoms with E-state index in [9.17, 15) is 4.79 Å². The van der Waals surface area contributed by atoms with Gasteiger partial charge in [-0.1, -0.05) is 28.1 Å². The molecule has 3 rings (SSSR count). The van der Waals surface area contributed by atoms with Gasteiger partial charge in [0.2, 0.25) is 5.91 Å². The normalized spacial score (nSPS) is 17.7. The van der Waals surface area contributed by atoms with E-state index in [4.69, 9.17) is 0 Å². The molecule has 2 heterocycles. The van der Waals surface area contributed by atoms with Crippen LogP contribution < -0.4 is 5.32 Å². The first-order valence-electron chi connectivity index (χ1n) is 6.56. The molecule has 0 saturated heterocycles. The van der Waals surface area contributed by atoms with Gasteiger partial charge >= 0.3 is 0 Å². The molecule has 0 fully saturated rings. The van der Waals surface area contributed by atoms with Crippen molar-refractivity contribution in [1.29, 1.82) is 0 Å². The van der Waals surface area contributed by atoms with E-state index in [0.29, 0.717) is 0 Å². The summed E-state index contributed by atoms with van der Waals surface area (Å²) in [5, 5.41) is 2.95. The van der Waals surface area contributed by atoms with Crippen molar-refractivity contribution in [2.45, 2.75) is 31.0 Å². The molecule has 0 saturated carbocycles. The van der Waals surface area contributed by atoms with Crippen molar-refractivity contribution in [3.8, 4) is 0 Å². The summed E-state index contributed by atoms with van der Waals surface area (Å²) < 4.78 is 0. The first kappa shape index (κ1) is 13.8. The number of aryl methyl sites for hydroxylation is 1. The second-order valence-electron chi connectivity index (χ2n) is 5.70. The van der Waals surface area contributed by atoms with Gasteiger partial charge in [-0.15, -0.1) is 11.3 Å². The Hall–Kier alpha value is -1.13. The molecule has 1 amide bonds. The number of anilines is 1. The second-order valence-corrected chi connectivity index (χ2v) is 7.93. The Labute approximate surface area is 131 Å². The number of halogens is 1. The minimum atomic E-state index is -0.455. The van der Waals surface area contributed by atoms with Crippen molar-refractivity contribution in [3.63, 3.8) is 0 Å². The highest BCUT2D eigenvalue weighted by atomic mass is 79.9. The molecule has 4 heteroatoms. The number of benzene rings is 1. The monoisotopic (exact) mass is 349 g/mol. The highest BCUT2D eigenvalue weighted by Crippen LogP contribution is 2.42. The second kappa shape index (κ2) is 4.71. The van der Waals surface area contributed by atoms with Gasteiger partial charge in [-0.05, 0) is 50.1 Å². The van der Waals surface area contributed by atoms with Crippen LogP contribution in [0.4, 0.5) is 5.69 Å². The summed E-state index contributed by atoms with van der Waals surface area (Å²) in [7, 11) is 0. The fourth-order valence-electron chi connectivity index (χ4n) is 2.50. The third kappa shape index (κ3) is 2.11. The molecule has 1 aromatic carbocycles. The van der Waals surface area contributed by atoms with E-state index in [1.807, 2.05) is 19.9 Å². The smallest absolute Gasteiger partial charge is 0.234 e. The number of rotatable bonds is 2. The van der Waals surface area contributed by atoms with Crippen LogP contribution in [0.15, 0.2) is 30.3 Å². The third-order valence-corrected chi connectivity index (χ3v) is 6.23. The third-order valence-electron chi connectivity index (χ3n) is 3.84. The maximum atomic E-state index is 12.0. The average Bonchev–Trinajstić information content (AvgIpc) is 2.92. The topological polar surface area (TPSA) is 29.1 Å². The zero-order chi connectivity index (χ0) is 14.5. The number of alkyl halides is 1. The lowest BCUT2D eigenvalue weighted by Crippen LogP contribution is -2.26. The van der Waals surface area contributed by atoms with E-state index < -0.39 is 5.41 Å². The molecule has 104 valence electrons. The average molecular weight is 350 g/mol. The first-order chi connectivity index (χ1) is 9.39. The molecule has 0 bridgehead atoms. The van der Waals surface area contributed by atoms with Crippen LogP contribution in [0, 0.1) is 6.92 Å². The maximum absolute atomic E-state index is 12.0. The number of carbonyl (C=O) groups is 1. The SMILES string of the molecule is Cc1ccc(C(Br)c2ccc3c(c2)C(C)(C)C(=O)N3)s1. The van der Waals surface area contributed by atoms with Crippen LogP contribution in [0.5, 0.6) is 0 Å². The minimum Gasteiger partial charge on any atom is -0.325 e. The molecular formula is C16H16BrNOS. The lowest BCUT2D eigenvalue weighted by Gasteiger charge is -2.17. The first-order valence-corrected chi connectivity index (χ1v) is 8.29. The molecule has 1 aromatic heterocycles. The van der Waals surface area contributed by atoms with Crippen molar-refractivity contribution in [2.75, 3.05) is 5.32 Å². The van der Waals surface area contributed by atoms with Gasteiger partial charge in [-0.25, -0.2) is 0 Å². The predicted octanol–water partition coefficient (Wildman–Crippen LogP) is 4.77. The Kier molecular flexibility index (Phi) is 3.26. The standard InChI is InChI=1S/C16H16BrNOS/c1-9-4-7-13(20-9)14(17)10-5-6-12-11(8-10)16(2,3)15(19)18-12/h4-8,14H,1-3H3,(H,18,19). The van der Waals surface area contributed by atoms with Gasteiger partial charge in [0.1, 0.15) is 0 Å². The zero-order valence-electron chi connectivity index (χ0n) is 11.7. The summed E-state index contributed by atoms with van der Waals surface area (Å²) in [6.45, 7) is 6.05. The molecule has 1 aliphatic rings. The van der Waals surface area contributed by atoms with Crippen molar-refractivity contribution in [3.05, 3.63) is 51.2 Å². The van der Waals surface area contributed by atoms with Crippen molar-refractivity contribution in [2.24, 2.45) is 0 Å². The van der Waals surface area contributed by atoms with Crippen LogP contribution in [0.2, 0.25) is 0 Å². The van der Waals surface area contributed by atoms with Gasteiger partial charge in [-0.2, -0.15) is 0 Å². The van der Waals surface area contributed by atoms with E-state index in [1.165, 1.54) is 15.3 Å². The molecule has 1 unspecified atom stereocenters. The van der Waals surface area contributed by atoms with Crippen molar-refractivity contribution in [1.82, 2.24) is 0 Å². The van der Waals surface area contributed by atoms with E-state index in [2.05, 4.69) is 52.4 Å². The Morgan fingerprint density at radius 1 is 1.25 bits per heavy atom. The Morgan fingerprint density at radius 3 is 2.65 bits per heavy atom. The van der Waals surface area contributed by atoms with Gasteiger partial charge in [0.25, 0.3) is 0 Å². The number of thiophene rings is 1.